The Labute approximate surface area is 568 Å². The molecular weight excluding hydrogens is 1160 g/mol. The van der Waals surface area contributed by atoms with Crippen LogP contribution in [0, 0.1) is 0 Å². The third kappa shape index (κ3) is 75.4. The van der Waals surface area contributed by atoms with Gasteiger partial charge >= 0.3 is 19.8 Å². The van der Waals surface area contributed by atoms with E-state index in [2.05, 4.69) is 135 Å². The number of rotatable bonds is 70. The molecule has 0 aliphatic carbocycles. The molecule has 0 saturated heterocycles. The van der Waals surface area contributed by atoms with Crippen LogP contribution in [0.2, 0.25) is 0 Å². The highest BCUT2D eigenvalue weighted by Crippen LogP contribution is 2.43. The second-order valence-electron chi connectivity index (χ2n) is 26.7. The molecule has 0 aromatic heterocycles. The van der Waals surface area contributed by atoms with E-state index < -0.39 is 26.5 Å². The van der Waals surface area contributed by atoms with Crippen LogP contribution < -0.4 is 0 Å². The van der Waals surface area contributed by atoms with Crippen LogP contribution in [0.5, 0.6) is 0 Å². The number of phosphoric acid groups is 1. The Balaban J connectivity index is 4.01. The molecule has 92 heavy (non-hydrogen) atoms. The van der Waals surface area contributed by atoms with Crippen LogP contribution in [0.3, 0.4) is 0 Å². The first-order valence-electron chi connectivity index (χ1n) is 38.3. The molecule has 0 radical (unpaired) electrons. The number of likely N-dealkylation sites (N-methyl/N-ethyl adjacent to an activating group) is 1. The van der Waals surface area contributed by atoms with E-state index in [0.717, 1.165) is 96.3 Å². The van der Waals surface area contributed by atoms with E-state index in [9.17, 15) is 19.0 Å². The fourth-order valence-corrected chi connectivity index (χ4v) is 11.4. The molecule has 0 saturated carbocycles. The van der Waals surface area contributed by atoms with Gasteiger partial charge in [-0.3, -0.25) is 18.6 Å². The van der Waals surface area contributed by atoms with Crippen LogP contribution >= 0.6 is 7.82 Å². The van der Waals surface area contributed by atoms with Crippen molar-refractivity contribution in [1.29, 1.82) is 0 Å². The van der Waals surface area contributed by atoms with Gasteiger partial charge in [-0.15, -0.1) is 0 Å². The molecule has 0 aromatic rings. The van der Waals surface area contributed by atoms with Crippen molar-refractivity contribution < 1.29 is 42.1 Å². The number of hydrogen-bond acceptors (Lipinski definition) is 7. The lowest BCUT2D eigenvalue weighted by molar-refractivity contribution is -0.870. The summed E-state index contributed by atoms with van der Waals surface area (Å²) in [5, 5.41) is 0. The van der Waals surface area contributed by atoms with Crippen molar-refractivity contribution >= 4 is 19.8 Å². The van der Waals surface area contributed by atoms with Crippen LogP contribution in [0.1, 0.15) is 335 Å². The molecule has 2 unspecified atom stereocenters. The monoisotopic (exact) mass is 1300 g/mol. The molecule has 0 fully saturated rings. The molecular formula is C82H145NO8P+. The van der Waals surface area contributed by atoms with Crippen molar-refractivity contribution in [2.75, 3.05) is 47.5 Å². The van der Waals surface area contributed by atoms with Crippen molar-refractivity contribution in [1.82, 2.24) is 0 Å². The normalized spacial score (nSPS) is 13.8. The lowest BCUT2D eigenvalue weighted by Crippen LogP contribution is -2.37. The molecule has 0 rings (SSSR count). The number of allylic oxidation sites excluding steroid dienone is 20. The molecule has 9 nitrogen and oxygen atoms in total. The summed E-state index contributed by atoms with van der Waals surface area (Å²) in [6.07, 6.45) is 103. The highest BCUT2D eigenvalue weighted by molar-refractivity contribution is 7.47. The summed E-state index contributed by atoms with van der Waals surface area (Å²) in [6.45, 7) is 4.34. The molecule has 0 spiro atoms. The van der Waals surface area contributed by atoms with E-state index in [-0.39, 0.29) is 32.0 Å². The largest absolute Gasteiger partial charge is 0.472 e. The van der Waals surface area contributed by atoms with Crippen molar-refractivity contribution in [2.24, 2.45) is 0 Å². The number of quaternary nitrogens is 1. The highest BCUT2D eigenvalue weighted by atomic mass is 31.2. The molecule has 0 aliphatic heterocycles. The Morgan fingerprint density at radius 1 is 0.348 bits per heavy atom. The van der Waals surface area contributed by atoms with Crippen LogP contribution in [-0.4, -0.2) is 74.9 Å². The SMILES string of the molecule is CC/C=C\C/C=C\C/C=C\C/C=C\C/C=C\C/C=C\C/C=C\CCCCCCCCCCCCCCCC(=O)OC(COC(=O)CCCCCCCCCCCCCCCCCCCC/C=C\C/C=C\C/C=C\CCCCCCC)COP(=O)(O)OCC[N+](C)(C)C. The lowest BCUT2D eigenvalue weighted by atomic mass is 10.0. The molecule has 0 amide bonds. The molecule has 1 N–H and O–H groups in total. The third-order valence-corrected chi connectivity index (χ3v) is 17.5. The lowest BCUT2D eigenvalue weighted by Gasteiger charge is -2.24. The molecule has 0 aromatic carbocycles. The minimum absolute atomic E-state index is 0.0283. The average Bonchev–Trinajstić information content (AvgIpc) is 2.14. The van der Waals surface area contributed by atoms with E-state index in [1.807, 2.05) is 21.1 Å². The number of phosphoric ester groups is 1. The van der Waals surface area contributed by atoms with E-state index in [1.54, 1.807) is 0 Å². The third-order valence-electron chi connectivity index (χ3n) is 16.5. The van der Waals surface area contributed by atoms with Crippen LogP contribution in [0.15, 0.2) is 122 Å². The zero-order valence-electron chi connectivity index (χ0n) is 60.5. The van der Waals surface area contributed by atoms with Gasteiger partial charge in [0.1, 0.15) is 19.8 Å². The summed E-state index contributed by atoms with van der Waals surface area (Å²) < 4.78 is 34.8. The maximum absolute atomic E-state index is 12.9. The standard InChI is InChI=1S/C82H144NO8P/c1-6-8-10-12-14-16-18-20-22-24-26-28-30-32-34-36-38-40-41-43-45-47-49-51-53-55-57-59-61-63-65-67-69-71-73-75-82(85)91-80(79-90-92(86,87)89-77-76-83(3,4)5)78-88-81(84)74-72-70-68-66-64-62-60-58-56-54-52-50-48-46-44-42-39-37-35-33-31-29-27-25-23-21-19-17-15-13-11-9-7-2/h8,10,14,16,19-22,25-28,31-34,38,40,43,45,80H,6-7,9,11-13,15,17-18,23-24,29-30,35-37,39,41-42,44,46-79H2,1-5H3/p+1/b10-8-,16-14-,21-19-,22-20-,27-25-,28-26-,33-31-,34-32-,40-38-,45-43-. The van der Waals surface area contributed by atoms with Crippen molar-refractivity contribution in [3.8, 4) is 0 Å². The van der Waals surface area contributed by atoms with Gasteiger partial charge in [-0.05, 0) is 109 Å². The van der Waals surface area contributed by atoms with Crippen molar-refractivity contribution in [2.45, 2.75) is 341 Å². The first kappa shape index (κ1) is 88.4. The quantitative estimate of drug-likeness (QED) is 0.0211. The first-order valence-corrected chi connectivity index (χ1v) is 39.8. The number of unbranched alkanes of at least 4 members (excludes halogenated alkanes) is 36. The van der Waals surface area contributed by atoms with Gasteiger partial charge in [0.15, 0.2) is 6.10 Å². The Morgan fingerprint density at radius 2 is 0.620 bits per heavy atom. The maximum atomic E-state index is 12.9. The summed E-state index contributed by atoms with van der Waals surface area (Å²) in [5.41, 5.74) is 0. The highest BCUT2D eigenvalue weighted by Gasteiger charge is 2.27. The smallest absolute Gasteiger partial charge is 0.462 e. The summed E-state index contributed by atoms with van der Waals surface area (Å²) in [5.74, 6) is -0.791. The van der Waals surface area contributed by atoms with E-state index >= 15 is 0 Å². The first-order chi connectivity index (χ1) is 45.0. The predicted molar refractivity (Wildman–Crippen MR) is 399 cm³/mol. The minimum Gasteiger partial charge on any atom is -0.462 e. The van der Waals surface area contributed by atoms with E-state index in [0.29, 0.717) is 17.4 Å². The number of nitrogens with zero attached hydrogens (tertiary/aromatic N) is 1. The van der Waals surface area contributed by atoms with Crippen LogP contribution in [0.25, 0.3) is 0 Å². The minimum atomic E-state index is -4.40. The number of carbonyl (C=O) groups is 2. The Bertz CT molecular complexity index is 1970. The number of esters is 2. The van der Waals surface area contributed by atoms with Gasteiger partial charge in [-0.2, -0.15) is 0 Å². The summed E-state index contributed by atoms with van der Waals surface area (Å²) in [7, 11) is 1.48. The fraction of sp³-hybridized carbons (Fsp3) is 0.732. The second kappa shape index (κ2) is 71.7. The number of ether oxygens (including phenoxy) is 2. The Kier molecular flexibility index (Phi) is 68.9. The number of carbonyl (C=O) groups excluding carboxylic acids is 2. The van der Waals surface area contributed by atoms with Crippen molar-refractivity contribution in [3.63, 3.8) is 0 Å². The zero-order chi connectivity index (χ0) is 66.9. The van der Waals surface area contributed by atoms with Crippen LogP contribution in [0.4, 0.5) is 0 Å². The predicted octanol–water partition coefficient (Wildman–Crippen LogP) is 25.4. The molecule has 530 valence electrons. The summed E-state index contributed by atoms with van der Waals surface area (Å²) >= 11 is 0. The van der Waals surface area contributed by atoms with Crippen molar-refractivity contribution in [3.05, 3.63) is 122 Å². The van der Waals surface area contributed by atoms with Gasteiger partial charge in [-0.1, -0.05) is 334 Å². The molecule has 0 bridgehead atoms. The summed E-state index contributed by atoms with van der Waals surface area (Å²) in [4.78, 5) is 36.0. The molecule has 10 heteroatoms. The zero-order valence-corrected chi connectivity index (χ0v) is 61.4. The fourth-order valence-electron chi connectivity index (χ4n) is 10.7. The Morgan fingerprint density at radius 3 is 0.924 bits per heavy atom. The van der Waals surface area contributed by atoms with Gasteiger partial charge in [0.2, 0.25) is 0 Å². The van der Waals surface area contributed by atoms with E-state index in [1.165, 1.54) is 205 Å². The average molecular weight is 1300 g/mol. The number of hydrogen-bond donors (Lipinski definition) is 1. The van der Waals surface area contributed by atoms with Crippen LogP contribution in [-0.2, 0) is 32.7 Å². The maximum Gasteiger partial charge on any atom is 0.472 e. The Hall–Kier alpha value is -3.59. The summed E-state index contributed by atoms with van der Waals surface area (Å²) in [6, 6.07) is 0. The van der Waals surface area contributed by atoms with Gasteiger partial charge < -0.3 is 18.9 Å². The van der Waals surface area contributed by atoms with Gasteiger partial charge in [0, 0.05) is 12.8 Å². The van der Waals surface area contributed by atoms with Gasteiger partial charge in [0.05, 0.1) is 27.7 Å². The molecule has 0 aliphatic rings. The second-order valence-corrected chi connectivity index (χ2v) is 28.1. The van der Waals surface area contributed by atoms with Gasteiger partial charge in [-0.25, -0.2) is 4.57 Å². The van der Waals surface area contributed by atoms with E-state index in [4.69, 9.17) is 18.5 Å². The topological polar surface area (TPSA) is 108 Å². The van der Waals surface area contributed by atoms with Gasteiger partial charge in [0.25, 0.3) is 0 Å². The molecule has 0 heterocycles. The molecule has 2 atom stereocenters.